The molecule has 0 aromatic carbocycles. The molecular formula is C46H87NO5. The molecule has 0 spiro atoms. The van der Waals surface area contributed by atoms with Gasteiger partial charge in [-0.2, -0.15) is 0 Å². The lowest BCUT2D eigenvalue weighted by Crippen LogP contribution is -2.53. The highest BCUT2D eigenvalue weighted by molar-refractivity contribution is 5.80. The van der Waals surface area contributed by atoms with Crippen LogP contribution in [0.1, 0.15) is 219 Å². The number of rotatable bonds is 40. The third kappa shape index (κ3) is 34.3. The molecule has 306 valence electrons. The van der Waals surface area contributed by atoms with Gasteiger partial charge in [0.2, 0.25) is 5.91 Å². The molecule has 0 aliphatic carbocycles. The van der Waals surface area contributed by atoms with Crippen molar-refractivity contribution in [3.05, 3.63) is 36.5 Å². The van der Waals surface area contributed by atoms with Gasteiger partial charge in [0.25, 0.3) is 0 Å². The predicted octanol–water partition coefficient (Wildman–Crippen LogP) is 11.7. The van der Waals surface area contributed by atoms with E-state index in [9.17, 15) is 25.2 Å². The lowest BCUT2D eigenvalue weighted by molar-refractivity contribution is -0.132. The first-order valence-electron chi connectivity index (χ1n) is 22.4. The molecule has 5 N–H and O–H groups in total. The number of aliphatic hydroxyl groups is 4. The lowest BCUT2D eigenvalue weighted by atomic mass is 10.00. The van der Waals surface area contributed by atoms with E-state index < -0.39 is 36.9 Å². The lowest BCUT2D eigenvalue weighted by Gasteiger charge is -2.27. The molecular weight excluding hydrogens is 647 g/mol. The fourth-order valence-corrected chi connectivity index (χ4v) is 6.73. The summed E-state index contributed by atoms with van der Waals surface area (Å²) in [6.07, 6.45) is 47.8. The van der Waals surface area contributed by atoms with Crippen LogP contribution in [0, 0.1) is 0 Å². The largest absolute Gasteiger partial charge is 0.394 e. The number of hydrogen-bond donors (Lipinski definition) is 5. The standard InChI is InChI=1S/C46H87NO5/c1-3-5-7-9-11-13-14-15-16-17-18-19-20-21-22-23-24-25-26-27-28-29-30-31-32-34-36-38-40-44(50)46(52)47-42(41-48)45(51)43(49)39-37-35-33-12-10-8-6-4-2/h12,18-19,21-22,33,42-45,48-51H,3-11,13-17,20,23-32,34-41H2,1-2H3,(H,47,52)/b19-18-,22-21-,33-12+. The molecule has 4 atom stereocenters. The van der Waals surface area contributed by atoms with E-state index in [0.29, 0.717) is 19.3 Å². The van der Waals surface area contributed by atoms with Crippen molar-refractivity contribution in [2.75, 3.05) is 6.61 Å². The minimum absolute atomic E-state index is 0.361. The molecule has 6 nitrogen and oxygen atoms in total. The van der Waals surface area contributed by atoms with Crippen LogP contribution in [0.25, 0.3) is 0 Å². The summed E-state index contributed by atoms with van der Waals surface area (Å²) in [5.41, 5.74) is 0. The van der Waals surface area contributed by atoms with Crippen LogP contribution in [-0.2, 0) is 4.79 Å². The van der Waals surface area contributed by atoms with Crippen LogP contribution in [0.2, 0.25) is 0 Å². The van der Waals surface area contributed by atoms with E-state index in [4.69, 9.17) is 0 Å². The number of amides is 1. The molecule has 0 heterocycles. The second-order valence-corrected chi connectivity index (χ2v) is 15.4. The van der Waals surface area contributed by atoms with Crippen molar-refractivity contribution in [2.45, 2.75) is 244 Å². The van der Waals surface area contributed by atoms with Crippen molar-refractivity contribution in [2.24, 2.45) is 0 Å². The maximum absolute atomic E-state index is 12.5. The van der Waals surface area contributed by atoms with Crippen molar-refractivity contribution in [3.8, 4) is 0 Å². The van der Waals surface area contributed by atoms with Gasteiger partial charge in [0.15, 0.2) is 0 Å². The minimum atomic E-state index is -1.28. The molecule has 0 saturated heterocycles. The number of unbranched alkanes of at least 4 members (excludes halogenated alkanes) is 25. The molecule has 4 unspecified atom stereocenters. The molecule has 0 bridgehead atoms. The van der Waals surface area contributed by atoms with Crippen molar-refractivity contribution in [1.29, 1.82) is 0 Å². The Bertz CT molecular complexity index is 828. The molecule has 0 aromatic rings. The van der Waals surface area contributed by atoms with Gasteiger partial charge in [0.1, 0.15) is 12.2 Å². The molecule has 0 rings (SSSR count). The Hall–Kier alpha value is -1.47. The van der Waals surface area contributed by atoms with Gasteiger partial charge in [-0.3, -0.25) is 4.79 Å². The normalized spacial score (nSPS) is 14.5. The summed E-state index contributed by atoms with van der Waals surface area (Å²) in [7, 11) is 0. The first-order chi connectivity index (χ1) is 25.5. The van der Waals surface area contributed by atoms with Gasteiger partial charge >= 0.3 is 0 Å². The smallest absolute Gasteiger partial charge is 0.249 e. The summed E-state index contributed by atoms with van der Waals surface area (Å²) in [4.78, 5) is 12.5. The molecule has 0 saturated carbocycles. The molecule has 0 aliphatic rings. The average molecular weight is 734 g/mol. The van der Waals surface area contributed by atoms with Crippen molar-refractivity contribution < 1.29 is 25.2 Å². The molecule has 0 radical (unpaired) electrons. The second kappa shape index (κ2) is 40.7. The average Bonchev–Trinajstić information content (AvgIpc) is 3.15. The van der Waals surface area contributed by atoms with Crippen molar-refractivity contribution >= 4 is 5.91 Å². The highest BCUT2D eigenvalue weighted by Gasteiger charge is 2.28. The van der Waals surface area contributed by atoms with E-state index in [1.54, 1.807) is 0 Å². The third-order valence-corrected chi connectivity index (χ3v) is 10.3. The summed E-state index contributed by atoms with van der Waals surface area (Å²) in [6, 6.07) is -1.000. The molecule has 6 heteroatoms. The summed E-state index contributed by atoms with van der Waals surface area (Å²) in [5, 5.41) is 43.4. The fraction of sp³-hybridized carbons (Fsp3) is 0.848. The van der Waals surface area contributed by atoms with Gasteiger partial charge in [-0.15, -0.1) is 0 Å². The summed E-state index contributed by atoms with van der Waals surface area (Å²) in [6.45, 7) is 3.97. The highest BCUT2D eigenvalue weighted by Crippen LogP contribution is 2.15. The van der Waals surface area contributed by atoms with Gasteiger partial charge in [-0.05, 0) is 70.6 Å². The van der Waals surface area contributed by atoms with Crippen LogP contribution < -0.4 is 5.32 Å². The molecule has 1 amide bonds. The van der Waals surface area contributed by atoms with Crippen LogP contribution in [0.5, 0.6) is 0 Å². The SMILES string of the molecule is CCCCC/C=C/CCCC(O)C(O)C(CO)NC(=O)C(O)CCCCCCCCCCCCCC/C=C\C/C=C\CCCCCCCCCCC. The zero-order chi connectivity index (χ0) is 38.2. The van der Waals surface area contributed by atoms with E-state index in [0.717, 1.165) is 38.5 Å². The van der Waals surface area contributed by atoms with Crippen LogP contribution in [0.15, 0.2) is 36.5 Å². The molecule has 0 aliphatic heterocycles. The van der Waals surface area contributed by atoms with Crippen LogP contribution in [0.3, 0.4) is 0 Å². The summed E-state index contributed by atoms with van der Waals surface area (Å²) < 4.78 is 0. The number of carbonyl (C=O) groups is 1. The van der Waals surface area contributed by atoms with Gasteiger partial charge in [-0.1, -0.05) is 185 Å². The first-order valence-corrected chi connectivity index (χ1v) is 22.4. The number of allylic oxidation sites excluding steroid dienone is 6. The zero-order valence-corrected chi connectivity index (χ0v) is 34.3. The maximum atomic E-state index is 12.5. The summed E-state index contributed by atoms with van der Waals surface area (Å²) >= 11 is 0. The Morgan fingerprint density at radius 2 is 0.846 bits per heavy atom. The highest BCUT2D eigenvalue weighted by atomic mass is 16.3. The van der Waals surface area contributed by atoms with Crippen LogP contribution in [0.4, 0.5) is 0 Å². The second-order valence-electron chi connectivity index (χ2n) is 15.4. The molecule has 52 heavy (non-hydrogen) atoms. The third-order valence-electron chi connectivity index (χ3n) is 10.3. The predicted molar refractivity (Wildman–Crippen MR) is 224 cm³/mol. The monoisotopic (exact) mass is 734 g/mol. The van der Waals surface area contributed by atoms with Crippen molar-refractivity contribution in [1.82, 2.24) is 5.32 Å². The van der Waals surface area contributed by atoms with Gasteiger partial charge in [-0.25, -0.2) is 0 Å². The Labute approximate surface area is 322 Å². The zero-order valence-electron chi connectivity index (χ0n) is 34.3. The Balaban J connectivity index is 3.63. The summed E-state index contributed by atoms with van der Waals surface area (Å²) in [5.74, 6) is -0.598. The van der Waals surface area contributed by atoms with E-state index >= 15 is 0 Å². The number of carbonyl (C=O) groups excluding carboxylic acids is 1. The van der Waals surface area contributed by atoms with Gasteiger partial charge in [0, 0.05) is 0 Å². The van der Waals surface area contributed by atoms with Crippen molar-refractivity contribution in [3.63, 3.8) is 0 Å². The van der Waals surface area contributed by atoms with E-state index in [-0.39, 0.29) is 0 Å². The van der Waals surface area contributed by atoms with Gasteiger partial charge < -0.3 is 25.7 Å². The fourth-order valence-electron chi connectivity index (χ4n) is 6.73. The molecule has 0 fully saturated rings. The quantitative estimate of drug-likeness (QED) is 0.0318. The topological polar surface area (TPSA) is 110 Å². The maximum Gasteiger partial charge on any atom is 0.249 e. The Morgan fingerprint density at radius 3 is 1.31 bits per heavy atom. The van der Waals surface area contributed by atoms with Crippen LogP contribution in [-0.4, -0.2) is 57.3 Å². The Kier molecular flexibility index (Phi) is 39.6. The van der Waals surface area contributed by atoms with Gasteiger partial charge in [0.05, 0.1) is 18.8 Å². The minimum Gasteiger partial charge on any atom is -0.394 e. The van der Waals surface area contributed by atoms with Crippen LogP contribution >= 0.6 is 0 Å². The Morgan fingerprint density at radius 1 is 0.481 bits per heavy atom. The number of nitrogens with one attached hydrogen (secondary N) is 1. The number of hydrogen-bond acceptors (Lipinski definition) is 5. The first kappa shape index (κ1) is 50.5. The van der Waals surface area contributed by atoms with E-state index in [2.05, 4.69) is 55.6 Å². The van der Waals surface area contributed by atoms with E-state index in [1.165, 1.54) is 148 Å². The van der Waals surface area contributed by atoms with E-state index in [1.807, 2.05) is 0 Å². The number of aliphatic hydroxyl groups excluding tert-OH is 4. The molecule has 0 aromatic heterocycles.